The Morgan fingerprint density at radius 1 is 1.08 bits per heavy atom. The minimum Gasteiger partial charge on any atom is -0.368 e. The van der Waals surface area contributed by atoms with Crippen LogP contribution in [0.5, 0.6) is 0 Å². The van der Waals surface area contributed by atoms with Gasteiger partial charge in [0.25, 0.3) is 0 Å². The summed E-state index contributed by atoms with van der Waals surface area (Å²) in [5.41, 5.74) is 0.907. The molecule has 0 bridgehead atoms. The molecule has 1 aromatic heterocycles. The average Bonchev–Trinajstić information content (AvgIpc) is 3.08. The Labute approximate surface area is 153 Å². The van der Waals surface area contributed by atoms with Crippen molar-refractivity contribution in [3.8, 4) is 0 Å². The molecule has 6 nitrogen and oxygen atoms in total. The molecule has 0 saturated carbocycles. The summed E-state index contributed by atoms with van der Waals surface area (Å²) in [5.74, 6) is 0.748. The van der Waals surface area contributed by atoms with Crippen LogP contribution in [-0.4, -0.2) is 27.2 Å². The number of aromatic nitrogens is 3. The average molecular weight is 349 g/mol. The lowest BCUT2D eigenvalue weighted by molar-refractivity contribution is -0.125. The summed E-state index contributed by atoms with van der Waals surface area (Å²) in [6.45, 7) is 2.39. The van der Waals surface area contributed by atoms with E-state index >= 15 is 0 Å². The van der Waals surface area contributed by atoms with Gasteiger partial charge in [0, 0.05) is 25.7 Å². The van der Waals surface area contributed by atoms with Crippen molar-refractivity contribution in [3.63, 3.8) is 0 Å². The summed E-state index contributed by atoms with van der Waals surface area (Å²) in [7, 11) is 1.89. The third kappa shape index (κ3) is 3.91. The maximum atomic E-state index is 13.1. The van der Waals surface area contributed by atoms with Gasteiger partial charge in [-0.2, -0.15) is 0 Å². The van der Waals surface area contributed by atoms with Crippen LogP contribution in [0.25, 0.3) is 0 Å². The molecular formula is C20H23N5O. The lowest BCUT2D eigenvalue weighted by Crippen LogP contribution is -2.48. The molecule has 0 radical (unpaired) electrons. The second-order valence-electron chi connectivity index (χ2n) is 6.35. The predicted molar refractivity (Wildman–Crippen MR) is 102 cm³/mol. The molecular weight excluding hydrogens is 326 g/mol. The Kier molecular flexibility index (Phi) is 5.31. The van der Waals surface area contributed by atoms with Crippen LogP contribution in [0.2, 0.25) is 0 Å². The zero-order valence-electron chi connectivity index (χ0n) is 15.0. The summed E-state index contributed by atoms with van der Waals surface area (Å²) in [4.78, 5) is 13.1. The minimum absolute atomic E-state index is 0.0882. The third-order valence-electron chi connectivity index (χ3n) is 4.41. The van der Waals surface area contributed by atoms with Gasteiger partial charge in [0.2, 0.25) is 5.91 Å². The number of nitrogens with one attached hydrogen (secondary N) is 2. The van der Waals surface area contributed by atoms with Crippen molar-refractivity contribution in [2.24, 2.45) is 7.05 Å². The van der Waals surface area contributed by atoms with Crippen molar-refractivity contribution in [2.45, 2.75) is 18.9 Å². The van der Waals surface area contributed by atoms with Crippen LogP contribution in [0, 0.1) is 0 Å². The summed E-state index contributed by atoms with van der Waals surface area (Å²) >= 11 is 0. The molecule has 134 valence electrons. The van der Waals surface area contributed by atoms with Gasteiger partial charge in [-0.15, -0.1) is 10.2 Å². The third-order valence-corrected chi connectivity index (χ3v) is 4.41. The minimum atomic E-state index is -0.886. The van der Waals surface area contributed by atoms with Crippen molar-refractivity contribution in [1.29, 1.82) is 0 Å². The van der Waals surface area contributed by atoms with E-state index in [4.69, 9.17) is 0 Å². The molecule has 0 aliphatic heterocycles. The summed E-state index contributed by atoms with van der Waals surface area (Å²) in [6, 6.07) is 19.5. The van der Waals surface area contributed by atoms with Crippen molar-refractivity contribution in [1.82, 2.24) is 20.1 Å². The van der Waals surface area contributed by atoms with E-state index in [-0.39, 0.29) is 5.91 Å². The first kappa shape index (κ1) is 17.7. The van der Waals surface area contributed by atoms with Gasteiger partial charge in [-0.05, 0) is 24.6 Å². The van der Waals surface area contributed by atoms with Crippen molar-refractivity contribution in [2.75, 3.05) is 11.9 Å². The molecule has 1 unspecified atom stereocenters. The normalized spacial score (nSPS) is 13.0. The number of benzene rings is 2. The maximum absolute atomic E-state index is 13.1. The summed E-state index contributed by atoms with van der Waals surface area (Å²) in [5, 5.41) is 14.3. The van der Waals surface area contributed by atoms with Crippen LogP contribution in [0.15, 0.2) is 67.0 Å². The maximum Gasteiger partial charge on any atom is 0.250 e. The fourth-order valence-electron chi connectivity index (χ4n) is 2.84. The highest BCUT2D eigenvalue weighted by atomic mass is 16.2. The van der Waals surface area contributed by atoms with E-state index in [1.165, 1.54) is 0 Å². The first-order valence-corrected chi connectivity index (χ1v) is 8.59. The predicted octanol–water partition coefficient (Wildman–Crippen LogP) is 2.50. The van der Waals surface area contributed by atoms with E-state index in [1.54, 1.807) is 6.33 Å². The standard InChI is InChI=1S/C20H23N5O/c1-20(16-9-5-3-6-10-16,23-17-11-7-4-8-12-17)19(26)21-14-13-18-24-22-15-25(18)2/h3-12,15,23H,13-14H2,1-2H3,(H,21,26). The molecule has 0 aliphatic carbocycles. The molecule has 1 amide bonds. The van der Waals surface area contributed by atoms with Gasteiger partial charge in [-0.3, -0.25) is 4.79 Å². The largest absolute Gasteiger partial charge is 0.368 e. The zero-order chi connectivity index (χ0) is 18.4. The fourth-order valence-corrected chi connectivity index (χ4v) is 2.84. The molecule has 0 spiro atoms. The molecule has 1 atom stereocenters. The molecule has 3 aromatic rings. The van der Waals surface area contributed by atoms with Crippen LogP contribution in [-0.2, 0) is 23.8 Å². The van der Waals surface area contributed by atoms with Crippen molar-refractivity contribution >= 4 is 11.6 Å². The van der Waals surface area contributed by atoms with E-state index in [9.17, 15) is 4.79 Å². The lowest BCUT2D eigenvalue weighted by atomic mass is 9.90. The van der Waals surface area contributed by atoms with Gasteiger partial charge in [0.05, 0.1) is 0 Å². The highest BCUT2D eigenvalue weighted by Crippen LogP contribution is 2.26. The van der Waals surface area contributed by atoms with Crippen LogP contribution >= 0.6 is 0 Å². The number of aryl methyl sites for hydroxylation is 1. The lowest BCUT2D eigenvalue weighted by Gasteiger charge is -2.31. The molecule has 0 aliphatic rings. The number of hydrogen-bond acceptors (Lipinski definition) is 4. The monoisotopic (exact) mass is 349 g/mol. The molecule has 0 saturated heterocycles. The SMILES string of the molecule is Cn1cnnc1CCNC(=O)C(C)(Nc1ccccc1)c1ccccc1. The molecule has 1 heterocycles. The summed E-state index contributed by atoms with van der Waals surface area (Å²) < 4.78 is 1.85. The van der Waals surface area contributed by atoms with Crippen LogP contribution in [0.4, 0.5) is 5.69 Å². The topological polar surface area (TPSA) is 71.8 Å². The molecule has 2 aromatic carbocycles. The number of carbonyl (C=O) groups is 1. The Hall–Kier alpha value is -3.15. The second-order valence-corrected chi connectivity index (χ2v) is 6.35. The van der Waals surface area contributed by atoms with Crippen LogP contribution in [0.3, 0.4) is 0 Å². The fraction of sp³-hybridized carbons (Fsp3) is 0.250. The van der Waals surface area contributed by atoms with Crippen LogP contribution in [0.1, 0.15) is 18.3 Å². The molecule has 2 N–H and O–H groups in total. The number of carbonyl (C=O) groups excluding carboxylic acids is 1. The van der Waals surface area contributed by atoms with Gasteiger partial charge >= 0.3 is 0 Å². The number of hydrogen-bond donors (Lipinski definition) is 2. The Morgan fingerprint density at radius 2 is 1.73 bits per heavy atom. The van der Waals surface area contributed by atoms with E-state index in [0.29, 0.717) is 13.0 Å². The highest BCUT2D eigenvalue weighted by molar-refractivity contribution is 5.90. The Balaban J connectivity index is 1.76. The summed E-state index contributed by atoms with van der Waals surface area (Å²) in [6.07, 6.45) is 2.28. The zero-order valence-corrected chi connectivity index (χ0v) is 15.0. The number of rotatable bonds is 7. The van der Waals surface area contributed by atoms with E-state index < -0.39 is 5.54 Å². The van der Waals surface area contributed by atoms with Crippen molar-refractivity contribution < 1.29 is 4.79 Å². The molecule has 26 heavy (non-hydrogen) atoms. The number of anilines is 1. The van der Waals surface area contributed by atoms with E-state index in [2.05, 4.69) is 20.8 Å². The quantitative estimate of drug-likeness (QED) is 0.687. The Bertz CT molecular complexity index is 847. The smallest absolute Gasteiger partial charge is 0.250 e. The van der Waals surface area contributed by atoms with Gasteiger partial charge in [0.1, 0.15) is 17.7 Å². The van der Waals surface area contributed by atoms with Crippen LogP contribution < -0.4 is 10.6 Å². The molecule has 3 rings (SSSR count). The number of para-hydroxylation sites is 1. The number of amides is 1. The number of nitrogens with zero attached hydrogens (tertiary/aromatic N) is 3. The second kappa shape index (κ2) is 7.82. The molecule has 6 heteroatoms. The Morgan fingerprint density at radius 3 is 2.35 bits per heavy atom. The molecule has 0 fully saturated rings. The first-order chi connectivity index (χ1) is 12.6. The first-order valence-electron chi connectivity index (χ1n) is 8.59. The van der Waals surface area contributed by atoms with Gasteiger partial charge in [-0.25, -0.2) is 0 Å². The van der Waals surface area contributed by atoms with Gasteiger partial charge in [0.15, 0.2) is 0 Å². The highest BCUT2D eigenvalue weighted by Gasteiger charge is 2.34. The van der Waals surface area contributed by atoms with Gasteiger partial charge in [-0.1, -0.05) is 48.5 Å². The van der Waals surface area contributed by atoms with Gasteiger partial charge < -0.3 is 15.2 Å². The van der Waals surface area contributed by atoms with E-state index in [0.717, 1.165) is 17.1 Å². The van der Waals surface area contributed by atoms with E-state index in [1.807, 2.05) is 79.2 Å². The van der Waals surface area contributed by atoms with Crippen molar-refractivity contribution in [3.05, 3.63) is 78.4 Å².